The molecule has 1 aliphatic rings. The van der Waals surface area contributed by atoms with Gasteiger partial charge in [-0.3, -0.25) is 4.79 Å². The molecule has 0 radical (unpaired) electrons. The maximum Gasteiger partial charge on any atom is 0.266 e. The first-order valence-electron chi connectivity index (χ1n) is 7.33. The second-order valence-electron chi connectivity index (χ2n) is 5.60. The lowest BCUT2D eigenvalue weighted by Gasteiger charge is -2.30. The summed E-state index contributed by atoms with van der Waals surface area (Å²) in [7, 11) is 0. The number of likely N-dealkylation sites (tertiary alicyclic amines) is 1. The summed E-state index contributed by atoms with van der Waals surface area (Å²) >= 11 is 0. The number of piperidine rings is 1. The molecule has 0 spiro atoms. The Balaban J connectivity index is 2.05. The summed E-state index contributed by atoms with van der Waals surface area (Å²) in [4.78, 5) is 14.1. The van der Waals surface area contributed by atoms with E-state index in [2.05, 4.69) is 12.2 Å². The normalized spacial score (nSPS) is 16.4. The maximum absolute atomic E-state index is 12.3. The van der Waals surface area contributed by atoms with Crippen molar-refractivity contribution in [3.63, 3.8) is 0 Å². The molecule has 1 N–H and O–H groups in total. The fraction of sp³-hybridized carbons (Fsp3) is 0.412. The Labute approximate surface area is 126 Å². The summed E-state index contributed by atoms with van der Waals surface area (Å²) in [5.41, 5.74) is 2.14. The van der Waals surface area contributed by atoms with Gasteiger partial charge in [-0.1, -0.05) is 25.1 Å². The van der Waals surface area contributed by atoms with Crippen LogP contribution in [0.15, 0.2) is 36.0 Å². The van der Waals surface area contributed by atoms with Crippen LogP contribution >= 0.6 is 0 Å². The smallest absolute Gasteiger partial charge is 0.266 e. The van der Waals surface area contributed by atoms with Crippen LogP contribution in [0, 0.1) is 24.2 Å². The van der Waals surface area contributed by atoms with Crippen LogP contribution in [-0.4, -0.2) is 23.9 Å². The Morgan fingerprint density at radius 1 is 1.38 bits per heavy atom. The van der Waals surface area contributed by atoms with Crippen LogP contribution < -0.4 is 5.32 Å². The van der Waals surface area contributed by atoms with Gasteiger partial charge in [-0.05, 0) is 37.3 Å². The first-order chi connectivity index (χ1) is 10.1. The molecule has 1 aromatic rings. The third-order valence-electron chi connectivity index (χ3n) is 3.94. The van der Waals surface area contributed by atoms with Crippen molar-refractivity contribution in [2.45, 2.75) is 26.7 Å². The molecule has 1 amide bonds. The van der Waals surface area contributed by atoms with E-state index in [1.807, 2.05) is 37.3 Å². The van der Waals surface area contributed by atoms with E-state index in [1.54, 1.807) is 4.90 Å². The minimum atomic E-state index is -0.175. The van der Waals surface area contributed by atoms with Gasteiger partial charge in [0.2, 0.25) is 0 Å². The van der Waals surface area contributed by atoms with Crippen LogP contribution in [0.3, 0.4) is 0 Å². The number of benzene rings is 1. The van der Waals surface area contributed by atoms with Gasteiger partial charge in [0.1, 0.15) is 11.6 Å². The van der Waals surface area contributed by atoms with Crippen molar-refractivity contribution in [3.8, 4) is 6.07 Å². The van der Waals surface area contributed by atoms with E-state index < -0.39 is 0 Å². The highest BCUT2D eigenvalue weighted by molar-refractivity contribution is 5.97. The van der Waals surface area contributed by atoms with E-state index in [0.29, 0.717) is 5.92 Å². The van der Waals surface area contributed by atoms with Gasteiger partial charge < -0.3 is 10.2 Å². The highest BCUT2D eigenvalue weighted by Crippen LogP contribution is 2.18. The van der Waals surface area contributed by atoms with Crippen LogP contribution in [0.25, 0.3) is 0 Å². The van der Waals surface area contributed by atoms with Crippen molar-refractivity contribution >= 4 is 11.6 Å². The number of nitriles is 1. The number of hydrogen-bond donors (Lipinski definition) is 1. The molecular formula is C17H21N3O. The number of nitrogens with zero attached hydrogens (tertiary/aromatic N) is 2. The van der Waals surface area contributed by atoms with E-state index >= 15 is 0 Å². The van der Waals surface area contributed by atoms with Crippen LogP contribution in [0.1, 0.15) is 25.3 Å². The number of carbonyl (C=O) groups excluding carboxylic acids is 1. The SMILES string of the molecule is Cc1ccccc1N/C=C(/C#N)C(=O)N1CCC(C)CC1. The topological polar surface area (TPSA) is 56.1 Å². The summed E-state index contributed by atoms with van der Waals surface area (Å²) in [6.45, 7) is 5.66. The number of nitrogens with one attached hydrogen (secondary N) is 1. The molecule has 1 aliphatic heterocycles. The van der Waals surface area contributed by atoms with Crippen LogP contribution in [0.2, 0.25) is 0 Å². The summed E-state index contributed by atoms with van der Waals surface area (Å²) < 4.78 is 0. The number of aryl methyl sites for hydroxylation is 1. The zero-order chi connectivity index (χ0) is 15.2. The summed E-state index contributed by atoms with van der Waals surface area (Å²) in [5.74, 6) is 0.485. The van der Waals surface area contributed by atoms with E-state index in [1.165, 1.54) is 6.20 Å². The van der Waals surface area contributed by atoms with Crippen LogP contribution in [0.5, 0.6) is 0 Å². The van der Waals surface area contributed by atoms with E-state index in [-0.39, 0.29) is 11.5 Å². The van der Waals surface area contributed by atoms with Crippen molar-refractivity contribution in [2.24, 2.45) is 5.92 Å². The minimum Gasteiger partial charge on any atom is -0.360 e. The molecule has 1 saturated heterocycles. The van der Waals surface area contributed by atoms with Gasteiger partial charge in [-0.25, -0.2) is 0 Å². The fourth-order valence-corrected chi connectivity index (χ4v) is 2.41. The Kier molecular flexibility index (Phi) is 4.99. The number of amides is 1. The molecule has 1 heterocycles. The largest absolute Gasteiger partial charge is 0.360 e. The van der Waals surface area contributed by atoms with Gasteiger partial charge in [-0.2, -0.15) is 5.26 Å². The summed E-state index contributed by atoms with van der Waals surface area (Å²) in [6.07, 6.45) is 3.54. The van der Waals surface area contributed by atoms with Gasteiger partial charge in [0, 0.05) is 25.0 Å². The van der Waals surface area contributed by atoms with Gasteiger partial charge in [0.25, 0.3) is 5.91 Å². The van der Waals surface area contributed by atoms with Crippen LogP contribution in [-0.2, 0) is 4.79 Å². The second kappa shape index (κ2) is 6.94. The second-order valence-corrected chi connectivity index (χ2v) is 5.60. The average molecular weight is 283 g/mol. The third kappa shape index (κ3) is 3.85. The zero-order valence-corrected chi connectivity index (χ0v) is 12.6. The number of carbonyl (C=O) groups is 1. The highest BCUT2D eigenvalue weighted by atomic mass is 16.2. The standard InChI is InChI=1S/C17H21N3O/c1-13-7-9-20(10-8-13)17(21)15(11-18)12-19-16-6-4-3-5-14(16)2/h3-6,12-13,19H,7-10H2,1-2H3/b15-12-. The molecule has 0 aliphatic carbocycles. The minimum absolute atomic E-state index is 0.160. The molecule has 0 saturated carbocycles. The van der Waals surface area contributed by atoms with Crippen molar-refractivity contribution in [1.82, 2.24) is 4.90 Å². The van der Waals surface area contributed by atoms with Crippen molar-refractivity contribution < 1.29 is 4.79 Å². The quantitative estimate of drug-likeness (QED) is 0.685. The van der Waals surface area contributed by atoms with Gasteiger partial charge in [0.05, 0.1) is 0 Å². The van der Waals surface area contributed by atoms with Crippen molar-refractivity contribution in [3.05, 3.63) is 41.6 Å². The molecule has 110 valence electrons. The molecule has 1 aromatic carbocycles. The Bertz CT molecular complexity index is 578. The van der Waals surface area contributed by atoms with Crippen molar-refractivity contribution in [1.29, 1.82) is 5.26 Å². The lowest BCUT2D eigenvalue weighted by atomic mass is 9.99. The first kappa shape index (κ1) is 15.1. The Morgan fingerprint density at radius 3 is 2.67 bits per heavy atom. The highest BCUT2D eigenvalue weighted by Gasteiger charge is 2.22. The van der Waals surface area contributed by atoms with E-state index in [0.717, 1.165) is 37.2 Å². The molecule has 0 aromatic heterocycles. The number of hydrogen-bond acceptors (Lipinski definition) is 3. The lowest BCUT2D eigenvalue weighted by molar-refractivity contribution is -0.128. The number of anilines is 1. The van der Waals surface area contributed by atoms with Crippen molar-refractivity contribution in [2.75, 3.05) is 18.4 Å². The zero-order valence-electron chi connectivity index (χ0n) is 12.6. The van der Waals surface area contributed by atoms with E-state index in [4.69, 9.17) is 0 Å². The molecule has 0 bridgehead atoms. The van der Waals surface area contributed by atoms with Gasteiger partial charge in [0.15, 0.2) is 0 Å². The molecular weight excluding hydrogens is 262 g/mol. The molecule has 0 atom stereocenters. The lowest BCUT2D eigenvalue weighted by Crippen LogP contribution is -2.38. The molecule has 2 rings (SSSR count). The predicted octanol–water partition coefficient (Wildman–Crippen LogP) is 3.07. The van der Waals surface area contributed by atoms with Gasteiger partial charge >= 0.3 is 0 Å². The molecule has 4 nitrogen and oxygen atoms in total. The first-order valence-corrected chi connectivity index (χ1v) is 7.33. The monoisotopic (exact) mass is 283 g/mol. The van der Waals surface area contributed by atoms with E-state index in [9.17, 15) is 10.1 Å². The number of rotatable bonds is 3. The van der Waals surface area contributed by atoms with Crippen LogP contribution in [0.4, 0.5) is 5.69 Å². The summed E-state index contributed by atoms with van der Waals surface area (Å²) in [5, 5.41) is 12.3. The molecule has 0 unspecified atom stereocenters. The molecule has 1 fully saturated rings. The third-order valence-corrected chi connectivity index (χ3v) is 3.94. The maximum atomic E-state index is 12.3. The number of para-hydroxylation sites is 1. The Morgan fingerprint density at radius 2 is 2.05 bits per heavy atom. The fourth-order valence-electron chi connectivity index (χ4n) is 2.41. The van der Waals surface area contributed by atoms with Gasteiger partial charge in [-0.15, -0.1) is 0 Å². The average Bonchev–Trinajstić information content (AvgIpc) is 2.50. The summed E-state index contributed by atoms with van der Waals surface area (Å²) in [6, 6.07) is 9.79. The Hall–Kier alpha value is -2.28. The molecule has 21 heavy (non-hydrogen) atoms. The predicted molar refractivity (Wildman–Crippen MR) is 83.5 cm³/mol. The molecule has 4 heteroatoms.